The Morgan fingerprint density at radius 2 is 1.91 bits per heavy atom. The van der Waals surface area contributed by atoms with Gasteiger partial charge in [-0.2, -0.15) is 0 Å². The van der Waals surface area contributed by atoms with Crippen molar-refractivity contribution in [1.29, 1.82) is 0 Å². The molecule has 1 radical (unpaired) electrons. The fourth-order valence-corrected chi connectivity index (χ4v) is 0.764. The molecule has 0 saturated carbocycles. The molecular weight excluding hydrogens is 167 g/mol. The highest BCUT2D eigenvalue weighted by molar-refractivity contribution is 6.20. The van der Waals surface area contributed by atoms with Crippen LogP contribution in [0.1, 0.15) is 0 Å². The van der Waals surface area contributed by atoms with Gasteiger partial charge in [0.2, 0.25) is 0 Å². The van der Waals surface area contributed by atoms with Crippen LogP contribution in [-0.4, -0.2) is 5.56 Å². The van der Waals surface area contributed by atoms with Crippen LogP contribution in [0.15, 0.2) is 24.3 Å². The Morgan fingerprint density at radius 3 is 2.36 bits per heavy atom. The molecule has 0 aromatic heterocycles. The van der Waals surface area contributed by atoms with Crippen LogP contribution < -0.4 is 4.74 Å². The molecule has 0 aliphatic carbocycles. The molecule has 0 heterocycles. The molecule has 0 bridgehead atoms. The van der Waals surface area contributed by atoms with Gasteiger partial charge in [0.1, 0.15) is 11.6 Å². The van der Waals surface area contributed by atoms with Crippen LogP contribution in [-0.2, 0) is 0 Å². The molecule has 0 spiro atoms. The minimum absolute atomic E-state index is 0.299. The van der Waals surface area contributed by atoms with Gasteiger partial charge in [-0.3, -0.25) is 0 Å². The van der Waals surface area contributed by atoms with Gasteiger partial charge in [0.15, 0.2) is 5.56 Å². The largest absolute Gasteiger partial charge is 0.475 e. The van der Waals surface area contributed by atoms with E-state index in [1.807, 2.05) is 0 Å². The van der Waals surface area contributed by atoms with Crippen molar-refractivity contribution in [3.8, 4) is 5.75 Å². The molecule has 0 aliphatic rings. The van der Waals surface area contributed by atoms with E-state index in [2.05, 4.69) is 6.92 Å². The number of benzene rings is 1. The van der Waals surface area contributed by atoms with Crippen LogP contribution in [0.3, 0.4) is 0 Å². The minimum atomic E-state index is -0.638. The summed E-state index contributed by atoms with van der Waals surface area (Å²) >= 11 is 5.42. The molecule has 1 aromatic rings. The van der Waals surface area contributed by atoms with Gasteiger partial charge >= 0.3 is 0 Å². The fourth-order valence-electron chi connectivity index (χ4n) is 0.661. The summed E-state index contributed by atoms with van der Waals surface area (Å²) in [6, 6.07) is 5.59. The van der Waals surface area contributed by atoms with Gasteiger partial charge in [-0.1, -0.05) is 11.6 Å². The van der Waals surface area contributed by atoms with Crippen LogP contribution in [0.4, 0.5) is 4.39 Å². The van der Waals surface area contributed by atoms with Crippen molar-refractivity contribution in [1.82, 2.24) is 0 Å². The lowest BCUT2D eigenvalue weighted by molar-refractivity contribution is 0.323. The first-order chi connectivity index (χ1) is 5.18. The van der Waals surface area contributed by atoms with Crippen molar-refractivity contribution in [3.05, 3.63) is 37.0 Å². The van der Waals surface area contributed by atoms with Gasteiger partial charge in [-0.25, -0.2) is 4.39 Å². The normalized spacial score (nSPS) is 12.6. The smallest absolute Gasteiger partial charge is 0.172 e. The Hall–Kier alpha value is -0.760. The van der Waals surface area contributed by atoms with Gasteiger partial charge in [0.25, 0.3) is 0 Å². The molecule has 11 heavy (non-hydrogen) atoms. The predicted octanol–water partition coefficient (Wildman–Crippen LogP) is 2.60. The highest BCUT2D eigenvalue weighted by Crippen LogP contribution is 2.13. The van der Waals surface area contributed by atoms with Crippen LogP contribution in [0, 0.1) is 12.7 Å². The molecule has 1 unspecified atom stereocenters. The van der Waals surface area contributed by atoms with E-state index < -0.39 is 5.56 Å². The second-order valence-corrected chi connectivity index (χ2v) is 2.47. The van der Waals surface area contributed by atoms with Crippen LogP contribution in [0.5, 0.6) is 5.75 Å². The summed E-state index contributed by atoms with van der Waals surface area (Å²) in [5.74, 6) is 0.217. The molecule has 0 amide bonds. The number of alkyl halides is 1. The van der Waals surface area contributed by atoms with E-state index in [9.17, 15) is 4.39 Å². The zero-order chi connectivity index (χ0) is 8.27. The van der Waals surface area contributed by atoms with E-state index in [1.165, 1.54) is 24.3 Å². The molecule has 0 aliphatic heterocycles. The summed E-state index contributed by atoms with van der Waals surface area (Å²) in [4.78, 5) is 0. The van der Waals surface area contributed by atoms with E-state index in [0.717, 1.165) is 0 Å². The molecular formula is C8H7ClFO. The predicted molar refractivity (Wildman–Crippen MR) is 42.0 cm³/mol. The molecule has 0 saturated heterocycles. The standard InChI is InChI=1S/C8H7ClFO/c1-6(9)11-8-4-2-7(10)3-5-8/h2-6H,1H2. The summed E-state index contributed by atoms with van der Waals surface area (Å²) in [7, 11) is 0. The summed E-state index contributed by atoms with van der Waals surface area (Å²) in [5.41, 5.74) is -0.638. The van der Waals surface area contributed by atoms with E-state index in [-0.39, 0.29) is 5.82 Å². The summed E-state index contributed by atoms with van der Waals surface area (Å²) in [5, 5.41) is 0. The lowest BCUT2D eigenvalue weighted by Gasteiger charge is -2.06. The second-order valence-electron chi connectivity index (χ2n) is 1.98. The van der Waals surface area contributed by atoms with Crippen molar-refractivity contribution in [2.24, 2.45) is 0 Å². The first-order valence-electron chi connectivity index (χ1n) is 3.08. The molecule has 3 heteroatoms. The number of ether oxygens (including phenoxy) is 1. The first kappa shape index (κ1) is 8.34. The second kappa shape index (κ2) is 3.58. The first-order valence-corrected chi connectivity index (χ1v) is 3.51. The Kier molecular flexibility index (Phi) is 2.71. The quantitative estimate of drug-likeness (QED) is 0.625. The van der Waals surface area contributed by atoms with Gasteiger partial charge in [-0.15, -0.1) is 0 Å². The Balaban J connectivity index is 2.66. The third kappa shape index (κ3) is 2.76. The van der Waals surface area contributed by atoms with E-state index in [4.69, 9.17) is 16.3 Å². The highest BCUT2D eigenvalue weighted by Gasteiger charge is 1.97. The molecule has 1 atom stereocenters. The average Bonchev–Trinajstić information content (AvgIpc) is 1.93. The molecule has 1 aromatic carbocycles. The molecule has 1 rings (SSSR count). The Labute approximate surface area is 69.7 Å². The highest BCUT2D eigenvalue weighted by atomic mass is 35.5. The van der Waals surface area contributed by atoms with E-state index in [1.54, 1.807) is 0 Å². The number of hydrogen-bond acceptors (Lipinski definition) is 1. The number of hydrogen-bond donors (Lipinski definition) is 0. The van der Waals surface area contributed by atoms with E-state index in [0.29, 0.717) is 5.75 Å². The van der Waals surface area contributed by atoms with Gasteiger partial charge in [0, 0.05) is 6.92 Å². The monoisotopic (exact) mass is 173 g/mol. The number of rotatable bonds is 2. The SMILES string of the molecule is [CH2]C(Cl)Oc1ccc(F)cc1. The summed E-state index contributed by atoms with van der Waals surface area (Å²) < 4.78 is 17.3. The van der Waals surface area contributed by atoms with Crippen LogP contribution in [0.2, 0.25) is 0 Å². The molecule has 0 N–H and O–H groups in total. The van der Waals surface area contributed by atoms with Gasteiger partial charge in [-0.05, 0) is 24.3 Å². The maximum atomic E-state index is 12.3. The third-order valence-electron chi connectivity index (χ3n) is 1.08. The van der Waals surface area contributed by atoms with Crippen molar-refractivity contribution >= 4 is 11.6 Å². The van der Waals surface area contributed by atoms with Crippen LogP contribution >= 0.6 is 11.6 Å². The van der Waals surface area contributed by atoms with Crippen molar-refractivity contribution in [2.75, 3.05) is 0 Å². The van der Waals surface area contributed by atoms with Crippen molar-refractivity contribution in [3.63, 3.8) is 0 Å². The average molecular weight is 174 g/mol. The molecule has 1 nitrogen and oxygen atoms in total. The maximum absolute atomic E-state index is 12.3. The van der Waals surface area contributed by atoms with Crippen LogP contribution in [0.25, 0.3) is 0 Å². The zero-order valence-electron chi connectivity index (χ0n) is 5.76. The molecule has 59 valence electrons. The van der Waals surface area contributed by atoms with Crippen molar-refractivity contribution in [2.45, 2.75) is 5.56 Å². The Morgan fingerprint density at radius 1 is 1.36 bits per heavy atom. The van der Waals surface area contributed by atoms with E-state index >= 15 is 0 Å². The summed E-state index contributed by atoms with van der Waals surface area (Å²) in [6.45, 7) is 3.41. The third-order valence-corrected chi connectivity index (χ3v) is 1.17. The number of halogens is 2. The maximum Gasteiger partial charge on any atom is 0.172 e. The minimum Gasteiger partial charge on any atom is -0.475 e. The lowest BCUT2D eigenvalue weighted by Crippen LogP contribution is -2.02. The lowest BCUT2D eigenvalue weighted by atomic mass is 10.3. The molecule has 0 fully saturated rings. The van der Waals surface area contributed by atoms with Crippen molar-refractivity contribution < 1.29 is 9.13 Å². The topological polar surface area (TPSA) is 9.23 Å². The fraction of sp³-hybridized carbons (Fsp3) is 0.125. The van der Waals surface area contributed by atoms with Gasteiger partial charge in [0.05, 0.1) is 0 Å². The zero-order valence-corrected chi connectivity index (χ0v) is 6.51. The van der Waals surface area contributed by atoms with Gasteiger partial charge < -0.3 is 4.74 Å². The Bertz CT molecular complexity index is 220. The summed E-state index contributed by atoms with van der Waals surface area (Å²) in [6.07, 6.45) is 0.